The summed E-state index contributed by atoms with van der Waals surface area (Å²) in [6.07, 6.45) is -0.143. The fourth-order valence-electron chi connectivity index (χ4n) is 2.77. The molecule has 0 unspecified atom stereocenters. The molecule has 156 valence electrons. The number of ether oxygens (including phenoxy) is 1. The van der Waals surface area contributed by atoms with Crippen LogP contribution in [0.3, 0.4) is 0 Å². The van der Waals surface area contributed by atoms with Crippen LogP contribution in [0.5, 0.6) is 0 Å². The lowest BCUT2D eigenvalue weighted by molar-refractivity contribution is -0.147. The summed E-state index contributed by atoms with van der Waals surface area (Å²) in [5.41, 5.74) is 2.99. The van der Waals surface area contributed by atoms with Gasteiger partial charge in [-0.05, 0) is 42.5 Å². The zero-order valence-electron chi connectivity index (χ0n) is 15.4. The molecule has 0 bridgehead atoms. The number of hydrazine groups is 1. The van der Waals surface area contributed by atoms with Gasteiger partial charge < -0.3 is 4.74 Å². The summed E-state index contributed by atoms with van der Waals surface area (Å²) < 4.78 is 5.04. The highest BCUT2D eigenvalue weighted by molar-refractivity contribution is 6.42. The molecular formula is C20H15Cl3N2O5. The molecular weight excluding hydrogens is 455 g/mol. The lowest BCUT2D eigenvalue weighted by atomic mass is 10.1. The summed E-state index contributed by atoms with van der Waals surface area (Å²) in [6, 6.07) is 10.5. The molecule has 7 nitrogen and oxygen atoms in total. The highest BCUT2D eigenvalue weighted by Crippen LogP contribution is 2.23. The van der Waals surface area contributed by atoms with Gasteiger partial charge in [-0.3, -0.25) is 29.6 Å². The number of hydrogen-bond acceptors (Lipinski definition) is 5. The number of rotatable bonds is 6. The SMILES string of the molecule is O=C(COC(=O)[C@@H]1CC(=O)N(NC(=O)c2ccc(Cl)c(Cl)c2)C1)c1ccc(Cl)cc1. The van der Waals surface area contributed by atoms with E-state index in [4.69, 9.17) is 39.5 Å². The van der Waals surface area contributed by atoms with Crippen molar-refractivity contribution in [2.75, 3.05) is 13.2 Å². The maximum atomic E-state index is 12.3. The first-order valence-corrected chi connectivity index (χ1v) is 9.90. The first-order chi connectivity index (χ1) is 14.2. The molecule has 30 heavy (non-hydrogen) atoms. The van der Waals surface area contributed by atoms with Crippen LogP contribution in [0.2, 0.25) is 15.1 Å². The van der Waals surface area contributed by atoms with Crippen molar-refractivity contribution in [3.05, 3.63) is 68.7 Å². The van der Waals surface area contributed by atoms with Crippen LogP contribution < -0.4 is 5.43 Å². The molecule has 1 aliphatic heterocycles. The molecule has 1 aliphatic rings. The Balaban J connectivity index is 1.53. The maximum absolute atomic E-state index is 12.3. The molecule has 1 N–H and O–H groups in total. The van der Waals surface area contributed by atoms with E-state index in [0.717, 1.165) is 5.01 Å². The molecule has 1 fully saturated rings. The predicted molar refractivity (Wildman–Crippen MR) is 110 cm³/mol. The number of nitrogens with one attached hydrogen (secondary N) is 1. The quantitative estimate of drug-likeness (QED) is 0.516. The van der Waals surface area contributed by atoms with Crippen LogP contribution in [0.1, 0.15) is 27.1 Å². The Morgan fingerprint density at radius 1 is 1.00 bits per heavy atom. The zero-order valence-corrected chi connectivity index (χ0v) is 17.6. The summed E-state index contributed by atoms with van der Waals surface area (Å²) in [6.45, 7) is -0.527. The van der Waals surface area contributed by atoms with Gasteiger partial charge in [0.25, 0.3) is 5.91 Å². The third-order valence-electron chi connectivity index (χ3n) is 4.39. The third kappa shape index (κ3) is 5.30. The number of hydrogen-bond donors (Lipinski definition) is 1. The lowest BCUT2D eigenvalue weighted by Gasteiger charge is -2.17. The number of halogens is 3. The largest absolute Gasteiger partial charge is 0.457 e. The summed E-state index contributed by atoms with van der Waals surface area (Å²) in [5, 5.41) is 2.01. The molecule has 0 aromatic heterocycles. The summed E-state index contributed by atoms with van der Waals surface area (Å²) in [5.74, 6) is -2.92. The second kappa shape index (κ2) is 9.47. The van der Waals surface area contributed by atoms with Gasteiger partial charge in [0, 0.05) is 22.6 Å². The Hall–Kier alpha value is -2.61. The zero-order chi connectivity index (χ0) is 21.8. The fourth-order valence-corrected chi connectivity index (χ4v) is 3.20. The Bertz CT molecular complexity index is 1010. The van der Waals surface area contributed by atoms with E-state index in [9.17, 15) is 19.2 Å². The van der Waals surface area contributed by atoms with E-state index in [0.29, 0.717) is 15.6 Å². The Morgan fingerprint density at radius 2 is 1.67 bits per heavy atom. The van der Waals surface area contributed by atoms with Crippen LogP contribution in [0.4, 0.5) is 0 Å². The van der Waals surface area contributed by atoms with E-state index in [2.05, 4.69) is 5.43 Å². The van der Waals surface area contributed by atoms with Gasteiger partial charge in [-0.25, -0.2) is 0 Å². The van der Waals surface area contributed by atoms with E-state index in [-0.39, 0.29) is 23.6 Å². The van der Waals surface area contributed by atoms with Crippen LogP contribution in [0, 0.1) is 5.92 Å². The van der Waals surface area contributed by atoms with E-state index < -0.39 is 36.1 Å². The van der Waals surface area contributed by atoms with Gasteiger partial charge in [-0.15, -0.1) is 0 Å². The Kier molecular flexibility index (Phi) is 6.97. The predicted octanol–water partition coefficient (Wildman–Crippen LogP) is 3.57. The number of esters is 1. The number of carbonyl (C=O) groups excluding carboxylic acids is 4. The minimum Gasteiger partial charge on any atom is -0.457 e. The van der Waals surface area contributed by atoms with Crippen molar-refractivity contribution < 1.29 is 23.9 Å². The molecule has 0 spiro atoms. The van der Waals surface area contributed by atoms with Gasteiger partial charge in [0.1, 0.15) is 0 Å². The van der Waals surface area contributed by atoms with Gasteiger partial charge in [-0.2, -0.15) is 0 Å². The molecule has 2 aromatic rings. The van der Waals surface area contributed by atoms with Gasteiger partial charge in [-0.1, -0.05) is 34.8 Å². The van der Waals surface area contributed by atoms with Crippen molar-refractivity contribution in [3.63, 3.8) is 0 Å². The van der Waals surface area contributed by atoms with Crippen LogP contribution in [-0.2, 0) is 14.3 Å². The fraction of sp³-hybridized carbons (Fsp3) is 0.200. The Morgan fingerprint density at radius 3 is 2.33 bits per heavy atom. The number of benzene rings is 2. The first kappa shape index (κ1) is 22.1. The summed E-state index contributed by atoms with van der Waals surface area (Å²) >= 11 is 17.5. The van der Waals surface area contributed by atoms with Crippen molar-refractivity contribution in [2.45, 2.75) is 6.42 Å². The maximum Gasteiger partial charge on any atom is 0.311 e. The first-order valence-electron chi connectivity index (χ1n) is 8.76. The second-order valence-corrected chi connectivity index (χ2v) is 7.76. The van der Waals surface area contributed by atoms with Crippen molar-refractivity contribution in [1.82, 2.24) is 10.4 Å². The molecule has 2 aromatic carbocycles. The minimum atomic E-state index is -0.801. The molecule has 0 saturated carbocycles. The van der Waals surface area contributed by atoms with Crippen LogP contribution in [0.15, 0.2) is 42.5 Å². The van der Waals surface area contributed by atoms with Crippen molar-refractivity contribution >= 4 is 58.4 Å². The average molecular weight is 470 g/mol. The van der Waals surface area contributed by atoms with E-state index in [1.807, 2.05) is 0 Å². The normalized spacial score (nSPS) is 15.8. The lowest BCUT2D eigenvalue weighted by Crippen LogP contribution is -2.43. The molecule has 3 rings (SSSR count). The number of carbonyl (C=O) groups is 4. The molecule has 1 heterocycles. The van der Waals surface area contributed by atoms with Crippen molar-refractivity contribution in [3.8, 4) is 0 Å². The molecule has 0 radical (unpaired) electrons. The smallest absolute Gasteiger partial charge is 0.311 e. The molecule has 1 atom stereocenters. The molecule has 10 heteroatoms. The number of Topliss-reactive ketones (excluding diaryl/α,β-unsaturated/α-hetero) is 1. The third-order valence-corrected chi connectivity index (χ3v) is 5.38. The summed E-state index contributed by atoms with van der Waals surface area (Å²) in [4.78, 5) is 48.8. The van der Waals surface area contributed by atoms with Gasteiger partial charge >= 0.3 is 5.97 Å². The second-order valence-electron chi connectivity index (χ2n) is 6.51. The van der Waals surface area contributed by atoms with Crippen LogP contribution in [-0.4, -0.2) is 41.7 Å². The van der Waals surface area contributed by atoms with E-state index in [1.165, 1.54) is 30.3 Å². The minimum absolute atomic E-state index is 0.0696. The van der Waals surface area contributed by atoms with E-state index in [1.54, 1.807) is 12.1 Å². The highest BCUT2D eigenvalue weighted by Gasteiger charge is 2.36. The van der Waals surface area contributed by atoms with Gasteiger partial charge in [0.05, 0.1) is 22.5 Å². The number of amides is 2. The van der Waals surface area contributed by atoms with E-state index >= 15 is 0 Å². The standard InChI is InChI=1S/C20H15Cl3N2O5/c21-14-4-1-11(2-5-14)17(26)10-30-20(29)13-8-18(27)25(9-13)24-19(28)12-3-6-15(22)16(23)7-12/h1-7,13H,8-10H2,(H,24,28)/t13-/m1/s1. The van der Waals surface area contributed by atoms with Crippen molar-refractivity contribution in [1.29, 1.82) is 0 Å². The monoisotopic (exact) mass is 468 g/mol. The molecule has 0 aliphatic carbocycles. The summed E-state index contributed by atoms with van der Waals surface area (Å²) in [7, 11) is 0. The van der Waals surface area contributed by atoms with Crippen LogP contribution >= 0.6 is 34.8 Å². The number of nitrogens with zero attached hydrogens (tertiary/aromatic N) is 1. The van der Waals surface area contributed by atoms with Crippen molar-refractivity contribution in [2.24, 2.45) is 5.92 Å². The molecule has 2 amide bonds. The Labute approximate surface area is 186 Å². The van der Waals surface area contributed by atoms with Gasteiger partial charge in [0.15, 0.2) is 12.4 Å². The average Bonchev–Trinajstić information content (AvgIpc) is 3.08. The highest BCUT2D eigenvalue weighted by atomic mass is 35.5. The molecule has 1 saturated heterocycles. The van der Waals surface area contributed by atoms with Gasteiger partial charge in [0.2, 0.25) is 5.91 Å². The number of ketones is 1. The topological polar surface area (TPSA) is 92.8 Å². The van der Waals surface area contributed by atoms with Crippen LogP contribution in [0.25, 0.3) is 0 Å².